The fourth-order valence-corrected chi connectivity index (χ4v) is 3.82. The highest BCUT2D eigenvalue weighted by Crippen LogP contribution is 2.31. The molecule has 0 spiro atoms. The van der Waals surface area contributed by atoms with Crippen molar-refractivity contribution in [3.63, 3.8) is 0 Å². The van der Waals surface area contributed by atoms with Gasteiger partial charge in [0.25, 0.3) is 0 Å². The molecule has 0 aliphatic heterocycles. The Labute approximate surface area is 161 Å². The molecule has 1 aromatic heterocycles. The van der Waals surface area contributed by atoms with Gasteiger partial charge in [-0.05, 0) is 25.3 Å². The van der Waals surface area contributed by atoms with Crippen LogP contribution in [-0.4, -0.2) is 39.9 Å². The number of rotatable bonds is 7. The van der Waals surface area contributed by atoms with Crippen LogP contribution < -0.4 is 16.0 Å². The number of hydrogen-bond acceptors (Lipinski definition) is 4. The maximum atomic E-state index is 4.36. The summed E-state index contributed by atoms with van der Waals surface area (Å²) < 4.78 is 1.77. The minimum absolute atomic E-state index is 0.0949. The van der Waals surface area contributed by atoms with E-state index < -0.39 is 0 Å². The average Bonchev–Trinajstić information content (AvgIpc) is 3.32. The van der Waals surface area contributed by atoms with Gasteiger partial charge in [0.1, 0.15) is 12.2 Å². The van der Waals surface area contributed by atoms with E-state index >= 15 is 0 Å². The van der Waals surface area contributed by atoms with Crippen LogP contribution in [0.2, 0.25) is 0 Å². The summed E-state index contributed by atoms with van der Waals surface area (Å²) in [6, 6.07) is 11.0. The van der Waals surface area contributed by atoms with Crippen LogP contribution in [0.3, 0.4) is 0 Å². The summed E-state index contributed by atoms with van der Waals surface area (Å²) in [5.74, 6) is 1.67. The molecule has 1 saturated carbocycles. The molecular formula is C20H31N7. The number of benzene rings is 1. The Kier molecular flexibility index (Phi) is 6.45. The van der Waals surface area contributed by atoms with Gasteiger partial charge in [-0.2, -0.15) is 5.10 Å². The zero-order valence-corrected chi connectivity index (χ0v) is 16.6. The van der Waals surface area contributed by atoms with Gasteiger partial charge in [-0.3, -0.25) is 9.67 Å². The lowest BCUT2D eigenvalue weighted by molar-refractivity contribution is 0.297. The predicted molar refractivity (Wildman–Crippen MR) is 108 cm³/mol. The first-order chi connectivity index (χ1) is 13.1. The van der Waals surface area contributed by atoms with E-state index in [4.69, 9.17) is 0 Å². The molecule has 27 heavy (non-hydrogen) atoms. The molecule has 1 atom stereocenters. The molecule has 1 fully saturated rings. The molecule has 1 aromatic carbocycles. The minimum Gasteiger partial charge on any atom is -0.355 e. The van der Waals surface area contributed by atoms with Gasteiger partial charge in [-0.1, -0.05) is 43.2 Å². The van der Waals surface area contributed by atoms with Crippen molar-refractivity contribution in [2.75, 3.05) is 13.6 Å². The molecule has 0 amide bonds. The summed E-state index contributed by atoms with van der Waals surface area (Å²) in [4.78, 5) is 8.60. The van der Waals surface area contributed by atoms with Gasteiger partial charge < -0.3 is 16.0 Å². The summed E-state index contributed by atoms with van der Waals surface area (Å²) in [7, 11) is 3.69. The SMILES string of the molecule is CN=C(NCc1ncnn1C)NCC1(NC(C)c2ccccc2)CCCC1. The van der Waals surface area contributed by atoms with E-state index in [1.807, 2.05) is 7.05 Å². The molecule has 7 heteroatoms. The van der Waals surface area contributed by atoms with Gasteiger partial charge in [0.15, 0.2) is 5.96 Å². The van der Waals surface area contributed by atoms with Crippen molar-refractivity contribution in [1.29, 1.82) is 0 Å². The summed E-state index contributed by atoms with van der Waals surface area (Å²) in [5.41, 5.74) is 1.42. The number of hydrogen-bond donors (Lipinski definition) is 3. The predicted octanol–water partition coefficient (Wildman–Crippen LogP) is 2.14. The topological polar surface area (TPSA) is 79.2 Å². The van der Waals surface area contributed by atoms with E-state index in [-0.39, 0.29) is 5.54 Å². The smallest absolute Gasteiger partial charge is 0.191 e. The fraction of sp³-hybridized carbons (Fsp3) is 0.550. The Hall–Kier alpha value is -2.41. The molecule has 146 valence electrons. The maximum Gasteiger partial charge on any atom is 0.191 e. The third-order valence-electron chi connectivity index (χ3n) is 5.42. The van der Waals surface area contributed by atoms with Gasteiger partial charge in [0.05, 0.1) is 6.54 Å². The molecule has 1 aliphatic rings. The van der Waals surface area contributed by atoms with E-state index in [1.165, 1.54) is 31.2 Å². The van der Waals surface area contributed by atoms with Crippen molar-refractivity contribution < 1.29 is 0 Å². The van der Waals surface area contributed by atoms with Crippen LogP contribution >= 0.6 is 0 Å². The maximum absolute atomic E-state index is 4.36. The molecular weight excluding hydrogens is 338 g/mol. The van der Waals surface area contributed by atoms with Crippen molar-refractivity contribution >= 4 is 5.96 Å². The number of nitrogens with one attached hydrogen (secondary N) is 3. The molecule has 3 rings (SSSR count). The number of aromatic nitrogens is 3. The normalized spacial score (nSPS) is 17.7. The van der Waals surface area contributed by atoms with Gasteiger partial charge in [0.2, 0.25) is 0 Å². The summed E-state index contributed by atoms with van der Waals surface area (Å²) in [5, 5.41) is 14.8. The van der Waals surface area contributed by atoms with Gasteiger partial charge in [-0.15, -0.1) is 0 Å². The third kappa shape index (κ3) is 5.07. The second-order valence-electron chi connectivity index (χ2n) is 7.34. The lowest BCUT2D eigenvalue weighted by Gasteiger charge is -2.35. The lowest BCUT2D eigenvalue weighted by atomic mass is 9.94. The Balaban J connectivity index is 1.57. The molecule has 0 bridgehead atoms. The average molecular weight is 370 g/mol. The molecule has 7 nitrogen and oxygen atoms in total. The zero-order valence-electron chi connectivity index (χ0n) is 16.6. The molecule has 3 N–H and O–H groups in total. The monoisotopic (exact) mass is 369 g/mol. The second-order valence-corrected chi connectivity index (χ2v) is 7.34. The quantitative estimate of drug-likeness (QED) is 0.515. The number of guanidine groups is 1. The highest BCUT2D eigenvalue weighted by molar-refractivity contribution is 5.79. The van der Waals surface area contributed by atoms with Crippen LogP contribution in [0.15, 0.2) is 41.7 Å². The van der Waals surface area contributed by atoms with Crippen molar-refractivity contribution in [1.82, 2.24) is 30.7 Å². The van der Waals surface area contributed by atoms with Crippen molar-refractivity contribution in [2.45, 2.75) is 50.7 Å². The third-order valence-corrected chi connectivity index (χ3v) is 5.42. The number of aliphatic imine (C=N–C) groups is 1. The van der Waals surface area contributed by atoms with Crippen molar-refractivity contribution in [3.8, 4) is 0 Å². The highest BCUT2D eigenvalue weighted by atomic mass is 15.3. The number of nitrogens with zero attached hydrogens (tertiary/aromatic N) is 4. The fourth-order valence-electron chi connectivity index (χ4n) is 3.82. The van der Waals surface area contributed by atoms with E-state index in [0.29, 0.717) is 12.6 Å². The zero-order chi connectivity index (χ0) is 19.1. The number of aryl methyl sites for hydroxylation is 1. The van der Waals surface area contributed by atoms with Crippen LogP contribution in [0.25, 0.3) is 0 Å². The largest absolute Gasteiger partial charge is 0.355 e. The van der Waals surface area contributed by atoms with Gasteiger partial charge in [-0.25, -0.2) is 4.98 Å². The second kappa shape index (κ2) is 8.99. The van der Waals surface area contributed by atoms with E-state index in [9.17, 15) is 0 Å². The lowest BCUT2D eigenvalue weighted by Crippen LogP contribution is -2.54. The standard InChI is InChI=1S/C20H31N7/c1-16(17-9-5-4-6-10-17)26-20(11-7-8-12-20)14-23-19(21-2)22-13-18-24-15-25-27(18)3/h4-6,9-10,15-16,26H,7-8,11-14H2,1-3H3,(H2,21,22,23). The molecule has 0 radical (unpaired) electrons. The van der Waals surface area contributed by atoms with E-state index in [2.05, 4.69) is 68.3 Å². The van der Waals surface area contributed by atoms with Gasteiger partial charge in [0, 0.05) is 32.2 Å². The van der Waals surface area contributed by atoms with E-state index in [1.54, 1.807) is 18.1 Å². The van der Waals surface area contributed by atoms with Crippen LogP contribution in [-0.2, 0) is 13.6 Å². The molecule has 1 aliphatic carbocycles. The molecule has 1 unspecified atom stereocenters. The van der Waals surface area contributed by atoms with E-state index in [0.717, 1.165) is 18.3 Å². The Bertz CT molecular complexity index is 732. The Morgan fingerprint density at radius 1 is 1.22 bits per heavy atom. The first-order valence-corrected chi connectivity index (χ1v) is 9.72. The Morgan fingerprint density at radius 3 is 2.59 bits per heavy atom. The van der Waals surface area contributed by atoms with Crippen molar-refractivity contribution in [2.24, 2.45) is 12.0 Å². The van der Waals surface area contributed by atoms with Crippen LogP contribution in [0.5, 0.6) is 0 Å². The first kappa shape index (κ1) is 19.4. The van der Waals surface area contributed by atoms with Crippen molar-refractivity contribution in [3.05, 3.63) is 48.0 Å². The minimum atomic E-state index is 0.0949. The summed E-state index contributed by atoms with van der Waals surface area (Å²) in [6.45, 7) is 3.69. The first-order valence-electron chi connectivity index (χ1n) is 9.72. The molecule has 0 saturated heterocycles. The molecule has 1 heterocycles. The summed E-state index contributed by atoms with van der Waals surface area (Å²) in [6.07, 6.45) is 6.45. The Morgan fingerprint density at radius 2 is 1.96 bits per heavy atom. The highest BCUT2D eigenvalue weighted by Gasteiger charge is 2.35. The van der Waals surface area contributed by atoms with Crippen LogP contribution in [0.4, 0.5) is 0 Å². The molecule has 2 aromatic rings. The van der Waals surface area contributed by atoms with Gasteiger partial charge >= 0.3 is 0 Å². The summed E-state index contributed by atoms with van der Waals surface area (Å²) >= 11 is 0. The van der Waals surface area contributed by atoms with Crippen LogP contribution in [0.1, 0.15) is 50.0 Å². The van der Waals surface area contributed by atoms with Crippen LogP contribution in [0, 0.1) is 0 Å².